The number of halogens is 4. The number of hydrogen-bond acceptors (Lipinski definition) is 3. The Hall–Kier alpha value is -1.76. The van der Waals surface area contributed by atoms with Gasteiger partial charge in [-0.05, 0) is 33.6 Å². The highest BCUT2D eigenvalue weighted by atomic mass is 79.9. The fourth-order valence-corrected chi connectivity index (χ4v) is 2.10. The number of nitrogens with two attached hydrogens (primary N) is 1. The van der Waals surface area contributed by atoms with Crippen LogP contribution in [0.5, 0.6) is 5.88 Å². The van der Waals surface area contributed by atoms with Crippen molar-refractivity contribution in [3.05, 3.63) is 52.1 Å². The number of aromatic nitrogens is 1. The van der Waals surface area contributed by atoms with Crippen LogP contribution in [0, 0.1) is 0 Å². The van der Waals surface area contributed by atoms with Gasteiger partial charge in [0.2, 0.25) is 5.88 Å². The van der Waals surface area contributed by atoms with E-state index in [1.807, 2.05) is 6.07 Å². The number of pyridine rings is 1. The van der Waals surface area contributed by atoms with Crippen molar-refractivity contribution in [3.8, 4) is 5.88 Å². The summed E-state index contributed by atoms with van der Waals surface area (Å²) < 4.78 is 44.1. The number of nitrogen functional groups attached to an aromatic ring is 1. The smallest absolute Gasteiger partial charge is 0.421 e. The third-order valence-corrected chi connectivity index (χ3v) is 3.22. The molecule has 0 saturated carbocycles. The summed E-state index contributed by atoms with van der Waals surface area (Å²) in [7, 11) is 0. The third-order valence-electron chi connectivity index (χ3n) is 2.79. The number of ether oxygens (including phenoxy) is 1. The van der Waals surface area contributed by atoms with Gasteiger partial charge in [-0.15, -0.1) is 0 Å². The molecule has 0 atom stereocenters. The molecule has 1 heterocycles. The Kier molecular flexibility index (Phi) is 4.72. The van der Waals surface area contributed by atoms with Crippen molar-refractivity contribution in [1.82, 2.24) is 4.98 Å². The number of nitrogens with zero attached hydrogens (tertiary/aromatic N) is 1. The van der Waals surface area contributed by atoms with Gasteiger partial charge in [0.15, 0.2) is 0 Å². The van der Waals surface area contributed by atoms with E-state index < -0.39 is 17.6 Å². The number of anilines is 1. The molecule has 7 heteroatoms. The van der Waals surface area contributed by atoms with E-state index in [-0.39, 0.29) is 11.1 Å². The molecule has 0 radical (unpaired) electrons. The van der Waals surface area contributed by atoms with Crippen LogP contribution in [0.3, 0.4) is 0 Å². The second kappa shape index (κ2) is 6.34. The first-order valence-electron chi connectivity index (χ1n) is 6.07. The standard InChI is InChI=1S/C14H12BrF3N2O/c15-10-7-11(14(16,17)18)13(20-8-10)21-6-5-9-3-1-2-4-12(9)19/h1-4,7-8H,5-6,19H2. The Morgan fingerprint density at radius 1 is 1.24 bits per heavy atom. The normalized spacial score (nSPS) is 11.4. The average Bonchev–Trinajstić information content (AvgIpc) is 2.41. The lowest BCUT2D eigenvalue weighted by molar-refractivity contribution is -0.139. The number of hydrogen-bond donors (Lipinski definition) is 1. The molecule has 1 aromatic carbocycles. The summed E-state index contributed by atoms with van der Waals surface area (Å²) in [6, 6.07) is 8.08. The molecular formula is C14H12BrF3N2O. The van der Waals surface area contributed by atoms with Crippen molar-refractivity contribution in [2.45, 2.75) is 12.6 Å². The fraction of sp³-hybridized carbons (Fsp3) is 0.214. The Labute approximate surface area is 128 Å². The molecule has 3 nitrogen and oxygen atoms in total. The van der Waals surface area contributed by atoms with Crippen LogP contribution in [0.4, 0.5) is 18.9 Å². The van der Waals surface area contributed by atoms with Crippen LogP contribution in [0.2, 0.25) is 0 Å². The van der Waals surface area contributed by atoms with Crippen LogP contribution in [-0.4, -0.2) is 11.6 Å². The molecule has 0 amide bonds. The molecular weight excluding hydrogens is 349 g/mol. The van der Waals surface area contributed by atoms with Crippen LogP contribution in [0.1, 0.15) is 11.1 Å². The van der Waals surface area contributed by atoms with Crippen molar-refractivity contribution < 1.29 is 17.9 Å². The summed E-state index contributed by atoms with van der Waals surface area (Å²) in [5.74, 6) is -0.430. The Morgan fingerprint density at radius 3 is 2.62 bits per heavy atom. The molecule has 1 aromatic heterocycles. The summed E-state index contributed by atoms with van der Waals surface area (Å²) >= 11 is 2.97. The van der Waals surface area contributed by atoms with E-state index in [0.29, 0.717) is 12.1 Å². The van der Waals surface area contributed by atoms with Crippen LogP contribution in [0.25, 0.3) is 0 Å². The second-order valence-electron chi connectivity index (χ2n) is 4.30. The Bertz CT molecular complexity index is 632. The predicted octanol–water partition coefficient (Wildman–Crippen LogP) is 4.07. The van der Waals surface area contributed by atoms with Gasteiger partial charge in [-0.3, -0.25) is 0 Å². The monoisotopic (exact) mass is 360 g/mol. The third kappa shape index (κ3) is 4.10. The predicted molar refractivity (Wildman–Crippen MR) is 77.0 cm³/mol. The van der Waals surface area contributed by atoms with Crippen LogP contribution < -0.4 is 10.5 Å². The maximum Gasteiger partial charge on any atom is 0.421 e. The molecule has 21 heavy (non-hydrogen) atoms. The summed E-state index contributed by atoms with van der Waals surface area (Å²) in [6.45, 7) is 0.0614. The number of alkyl halides is 3. The van der Waals surface area contributed by atoms with E-state index in [9.17, 15) is 13.2 Å². The first-order chi connectivity index (χ1) is 9.88. The van der Waals surface area contributed by atoms with Crippen LogP contribution in [-0.2, 0) is 12.6 Å². The van der Waals surface area contributed by atoms with Crippen molar-refractivity contribution in [2.75, 3.05) is 12.3 Å². The molecule has 0 spiro atoms. The van der Waals surface area contributed by atoms with Crippen LogP contribution in [0.15, 0.2) is 41.0 Å². The van der Waals surface area contributed by atoms with Crippen molar-refractivity contribution in [3.63, 3.8) is 0 Å². The topological polar surface area (TPSA) is 48.1 Å². The summed E-state index contributed by atoms with van der Waals surface area (Å²) in [4.78, 5) is 3.68. The minimum absolute atomic E-state index is 0.0614. The van der Waals surface area contributed by atoms with Gasteiger partial charge in [-0.25, -0.2) is 4.98 Å². The quantitative estimate of drug-likeness (QED) is 0.836. The maximum absolute atomic E-state index is 12.9. The van der Waals surface area contributed by atoms with E-state index in [2.05, 4.69) is 20.9 Å². The van der Waals surface area contributed by atoms with Crippen molar-refractivity contribution >= 4 is 21.6 Å². The lowest BCUT2D eigenvalue weighted by atomic mass is 10.1. The van der Waals surface area contributed by atoms with E-state index >= 15 is 0 Å². The summed E-state index contributed by atoms with van der Waals surface area (Å²) in [6.07, 6.45) is -2.85. The minimum atomic E-state index is -4.52. The zero-order valence-electron chi connectivity index (χ0n) is 10.8. The molecule has 2 aromatic rings. The SMILES string of the molecule is Nc1ccccc1CCOc1ncc(Br)cc1C(F)(F)F. The summed E-state index contributed by atoms with van der Waals surface area (Å²) in [5.41, 5.74) is 6.26. The lowest BCUT2D eigenvalue weighted by Crippen LogP contribution is -2.12. The van der Waals surface area contributed by atoms with Gasteiger partial charge in [0.05, 0.1) is 6.61 Å². The highest BCUT2D eigenvalue weighted by Crippen LogP contribution is 2.36. The van der Waals surface area contributed by atoms with Gasteiger partial charge in [0, 0.05) is 22.8 Å². The zero-order chi connectivity index (χ0) is 15.5. The largest absolute Gasteiger partial charge is 0.477 e. The van der Waals surface area contributed by atoms with Gasteiger partial charge < -0.3 is 10.5 Å². The van der Waals surface area contributed by atoms with E-state index in [1.54, 1.807) is 18.2 Å². The van der Waals surface area contributed by atoms with E-state index in [4.69, 9.17) is 10.5 Å². The molecule has 0 bridgehead atoms. The second-order valence-corrected chi connectivity index (χ2v) is 5.22. The molecule has 2 rings (SSSR count). The first-order valence-corrected chi connectivity index (χ1v) is 6.86. The zero-order valence-corrected chi connectivity index (χ0v) is 12.4. The molecule has 0 aliphatic carbocycles. The van der Waals surface area contributed by atoms with E-state index in [0.717, 1.165) is 11.6 Å². The van der Waals surface area contributed by atoms with Crippen molar-refractivity contribution in [2.24, 2.45) is 0 Å². The van der Waals surface area contributed by atoms with Gasteiger partial charge in [-0.2, -0.15) is 13.2 Å². The molecule has 0 aliphatic rings. The lowest BCUT2D eigenvalue weighted by Gasteiger charge is -2.13. The average molecular weight is 361 g/mol. The van der Waals surface area contributed by atoms with Crippen LogP contribution >= 0.6 is 15.9 Å². The summed E-state index contributed by atoms with van der Waals surface area (Å²) in [5, 5.41) is 0. The molecule has 0 unspecified atom stereocenters. The molecule has 0 aliphatic heterocycles. The Morgan fingerprint density at radius 2 is 1.95 bits per heavy atom. The van der Waals surface area contributed by atoms with Crippen molar-refractivity contribution in [1.29, 1.82) is 0 Å². The molecule has 0 fully saturated rings. The number of rotatable bonds is 4. The molecule has 112 valence electrons. The number of para-hydroxylation sites is 1. The van der Waals surface area contributed by atoms with Gasteiger partial charge in [-0.1, -0.05) is 18.2 Å². The highest BCUT2D eigenvalue weighted by Gasteiger charge is 2.35. The maximum atomic E-state index is 12.9. The highest BCUT2D eigenvalue weighted by molar-refractivity contribution is 9.10. The van der Waals surface area contributed by atoms with Gasteiger partial charge in [0.25, 0.3) is 0 Å². The van der Waals surface area contributed by atoms with Gasteiger partial charge in [0.1, 0.15) is 5.56 Å². The van der Waals surface area contributed by atoms with Gasteiger partial charge >= 0.3 is 6.18 Å². The first kappa shape index (κ1) is 15.6. The molecule has 2 N–H and O–H groups in total. The minimum Gasteiger partial charge on any atom is -0.477 e. The fourth-order valence-electron chi connectivity index (χ4n) is 1.76. The van der Waals surface area contributed by atoms with E-state index in [1.165, 1.54) is 6.20 Å². The number of benzene rings is 1. The molecule has 0 saturated heterocycles. The Balaban J connectivity index is 2.09.